The second-order valence-electron chi connectivity index (χ2n) is 31.7. The van der Waals surface area contributed by atoms with E-state index in [0.29, 0.717) is 129 Å². The van der Waals surface area contributed by atoms with Gasteiger partial charge in [0.25, 0.3) is 0 Å². The molecule has 0 radical (unpaired) electrons. The molecule has 37 nitrogen and oxygen atoms in total. The molecule has 6 unspecified atom stereocenters. The summed E-state index contributed by atoms with van der Waals surface area (Å²) in [5.74, 6) is -8.33. The minimum atomic E-state index is -1.30. The molecule has 0 bridgehead atoms. The standard InChI is InChI=1S/C91H131N7O30/c1-58(99)94-79-85(123-67(10)108)82(120-64(7)105)73(55-117-61(4)102)126-88(79)114-52-31-16-13-28-43-76(111)92-46-34-48-97(78(113)45-30-15-18-33-54-116-90-81(96-60(3)101)87(125-69(12)110)84(122-66(9)107)75(128-90)57-119-63(6)104)49-36-51-98(91(70-37-22-19-23-38-70,71-39-24-20-25-40-71)72-41-26-21-27-42-72)50-35-47-93-77(112)44-29-14-17-32-53-115-89-80(95-59(2)100)86(124-68(11)109)83(121-65(8)106)74(127-89)56-118-62(5)103/h19-27,37-42,73-75,79-90H,13-18,28-36,43-57H2,1-12H3,(H,92,111)(H,93,112)(H,94,99)(H,95,100)(H,96,101)/t73?,74?,75?,79?,80?,81?,82-,83-,84-,85+,86+,87+,88+,89+,90+/m0/s1. The number of carbonyl (C=O) groups excluding carboxylic acids is 15. The molecule has 0 aliphatic carbocycles. The van der Waals surface area contributed by atoms with Crippen LogP contribution < -0.4 is 26.6 Å². The average molecular weight is 1800 g/mol. The van der Waals surface area contributed by atoms with E-state index in [9.17, 15) is 71.9 Å². The van der Waals surface area contributed by atoms with Gasteiger partial charge in [0.15, 0.2) is 55.5 Å². The lowest BCUT2D eigenvalue weighted by Crippen LogP contribution is -2.66. The van der Waals surface area contributed by atoms with Crippen LogP contribution in [0.4, 0.5) is 0 Å². The number of esters is 9. The van der Waals surface area contributed by atoms with E-state index in [1.54, 1.807) is 0 Å². The molecule has 5 N–H and O–H groups in total. The van der Waals surface area contributed by atoms with Crippen molar-refractivity contribution in [3.05, 3.63) is 108 Å². The molecule has 3 aliphatic rings. The third-order valence-corrected chi connectivity index (χ3v) is 21.1. The Hall–Kier alpha value is -10.6. The minimum Gasteiger partial charge on any atom is -0.463 e. The zero-order valence-corrected chi connectivity index (χ0v) is 75.7. The monoisotopic (exact) mass is 1800 g/mol. The summed E-state index contributed by atoms with van der Waals surface area (Å²) in [6.45, 7) is 15.6. The highest BCUT2D eigenvalue weighted by Gasteiger charge is 2.55. The van der Waals surface area contributed by atoms with Crippen molar-refractivity contribution in [3.8, 4) is 0 Å². The highest BCUT2D eigenvalue weighted by atomic mass is 16.7. The summed E-state index contributed by atoms with van der Waals surface area (Å²) in [6.07, 6.45) is -5.93. The van der Waals surface area contributed by atoms with Crippen molar-refractivity contribution in [1.29, 1.82) is 0 Å². The zero-order chi connectivity index (χ0) is 93.7. The molecule has 0 saturated carbocycles. The number of ether oxygens (including phenoxy) is 15. The van der Waals surface area contributed by atoms with Gasteiger partial charge in [-0.1, -0.05) is 130 Å². The SMILES string of the molecule is CC(=O)NC1[C@H](OCCCCCCC(=O)NCCCN(CCCN(CCCNC(=O)CCCCCCO[C@@H]2OC(COC(C)=O)[C@H](OC(C)=O)[C@H](OC(C)=O)C2NC(C)=O)C(c2ccccc2)(c2ccccc2)c2ccccc2)C(=O)CCCCCCO[C@@H]2OC(COC(C)=O)[C@H](OC(C)=O)[C@H](OC(C)=O)C2NC(C)=O)OC(COC(C)=O)[C@H](OC(C)=O)[C@@H]1OC(C)=O. The normalized spacial score (nSPS) is 21.9. The summed E-state index contributed by atoms with van der Waals surface area (Å²) >= 11 is 0. The first-order valence-electron chi connectivity index (χ1n) is 44.0. The van der Waals surface area contributed by atoms with Crippen LogP contribution in [0.3, 0.4) is 0 Å². The summed E-state index contributed by atoms with van der Waals surface area (Å²) in [7, 11) is 0. The molecule has 3 aromatic carbocycles. The molecule has 128 heavy (non-hydrogen) atoms. The molecule has 3 saturated heterocycles. The molecule has 710 valence electrons. The Labute approximate surface area is 748 Å². The quantitative estimate of drug-likeness (QED) is 0.0177. The molecule has 15 atom stereocenters. The van der Waals surface area contributed by atoms with Gasteiger partial charge in [0, 0.05) is 161 Å². The van der Waals surface area contributed by atoms with Crippen LogP contribution in [-0.2, 0) is 149 Å². The van der Waals surface area contributed by atoms with Crippen LogP contribution in [0.5, 0.6) is 0 Å². The number of unbranched alkanes of at least 4 members (excludes halogenated alkanes) is 9. The van der Waals surface area contributed by atoms with Crippen molar-refractivity contribution < 1.29 is 143 Å². The molecule has 3 aromatic rings. The Morgan fingerprint density at radius 2 is 0.586 bits per heavy atom. The fourth-order valence-electron chi connectivity index (χ4n) is 15.8. The second-order valence-corrected chi connectivity index (χ2v) is 31.7. The van der Waals surface area contributed by atoms with Gasteiger partial charge in [-0.05, 0) is 74.5 Å². The molecule has 6 rings (SSSR count). The molecule has 3 fully saturated rings. The van der Waals surface area contributed by atoms with Crippen LogP contribution in [-0.4, -0.2) is 270 Å². The highest BCUT2D eigenvalue weighted by molar-refractivity contribution is 5.78. The fraction of sp³-hybridized carbons (Fsp3) is 0.637. The van der Waals surface area contributed by atoms with Crippen LogP contribution in [0.1, 0.15) is 215 Å². The third kappa shape index (κ3) is 36.9. The number of benzene rings is 3. The maximum Gasteiger partial charge on any atom is 0.303 e. The molecule has 0 spiro atoms. The van der Waals surface area contributed by atoms with Crippen LogP contribution in [0.15, 0.2) is 91.0 Å². The first-order chi connectivity index (χ1) is 61.2. The number of amides is 6. The maximum absolute atomic E-state index is 14.8. The molecule has 0 aromatic heterocycles. The third-order valence-electron chi connectivity index (χ3n) is 21.1. The van der Waals surface area contributed by atoms with Crippen molar-refractivity contribution in [2.24, 2.45) is 0 Å². The second kappa shape index (κ2) is 56.7. The van der Waals surface area contributed by atoms with Crippen molar-refractivity contribution in [1.82, 2.24) is 36.4 Å². The van der Waals surface area contributed by atoms with E-state index < -0.39 is 176 Å². The topological polar surface area (TPSA) is 461 Å². The number of nitrogens with one attached hydrogen (secondary N) is 5. The van der Waals surface area contributed by atoms with E-state index >= 15 is 0 Å². The van der Waals surface area contributed by atoms with Gasteiger partial charge in [-0.3, -0.25) is 76.8 Å². The van der Waals surface area contributed by atoms with Gasteiger partial charge in [-0.15, -0.1) is 0 Å². The summed E-state index contributed by atoms with van der Waals surface area (Å²) < 4.78 is 85.9. The Morgan fingerprint density at radius 3 is 0.883 bits per heavy atom. The Morgan fingerprint density at radius 1 is 0.312 bits per heavy atom. The summed E-state index contributed by atoms with van der Waals surface area (Å²) in [5.41, 5.74) is 2.08. The van der Waals surface area contributed by atoms with Gasteiger partial charge in [0.2, 0.25) is 35.4 Å². The average Bonchev–Trinajstić information content (AvgIpc) is 0.742. The van der Waals surface area contributed by atoms with E-state index in [4.69, 9.17) is 71.1 Å². The largest absolute Gasteiger partial charge is 0.463 e. The first kappa shape index (κ1) is 106. The molecule has 6 amide bonds. The van der Waals surface area contributed by atoms with Crippen molar-refractivity contribution >= 4 is 89.2 Å². The molecular formula is C91H131N7O30. The number of nitrogens with zero attached hydrogens (tertiary/aromatic N) is 2. The molecule has 3 aliphatic heterocycles. The Kier molecular flexibility index (Phi) is 47.0. The molecule has 37 heteroatoms. The number of hydrogen-bond acceptors (Lipinski definition) is 31. The van der Waals surface area contributed by atoms with Gasteiger partial charge in [-0.25, -0.2) is 0 Å². The summed E-state index contributed by atoms with van der Waals surface area (Å²) in [4.78, 5) is 194. The van der Waals surface area contributed by atoms with Gasteiger partial charge in [0.1, 0.15) is 56.3 Å². The predicted molar refractivity (Wildman–Crippen MR) is 456 cm³/mol. The van der Waals surface area contributed by atoms with E-state index in [0.717, 1.165) is 58.2 Å². The lowest BCUT2D eigenvalue weighted by atomic mass is 9.75. The maximum atomic E-state index is 14.8. The van der Waals surface area contributed by atoms with Crippen molar-refractivity contribution in [3.63, 3.8) is 0 Å². The zero-order valence-electron chi connectivity index (χ0n) is 75.7. The van der Waals surface area contributed by atoms with Gasteiger partial charge < -0.3 is 103 Å². The minimum absolute atomic E-state index is 0.0815. The van der Waals surface area contributed by atoms with E-state index in [2.05, 4.69) is 67.9 Å². The molecule has 3 heterocycles. The van der Waals surface area contributed by atoms with E-state index in [1.165, 1.54) is 41.5 Å². The van der Waals surface area contributed by atoms with Crippen LogP contribution >= 0.6 is 0 Å². The van der Waals surface area contributed by atoms with Gasteiger partial charge in [0.05, 0.1) is 5.54 Å². The molecular weight excluding hydrogens is 1670 g/mol. The van der Waals surface area contributed by atoms with Crippen molar-refractivity contribution in [2.75, 3.05) is 78.9 Å². The van der Waals surface area contributed by atoms with Crippen molar-refractivity contribution in [2.45, 2.75) is 296 Å². The summed E-state index contributed by atoms with van der Waals surface area (Å²) in [5, 5.41) is 14.3. The van der Waals surface area contributed by atoms with Gasteiger partial charge in [-0.2, -0.15) is 0 Å². The number of hydrogen-bond donors (Lipinski definition) is 5. The van der Waals surface area contributed by atoms with Gasteiger partial charge >= 0.3 is 53.7 Å². The van der Waals surface area contributed by atoms with E-state index in [-0.39, 0.29) is 76.6 Å². The van der Waals surface area contributed by atoms with Crippen LogP contribution in [0.25, 0.3) is 0 Å². The Bertz CT molecular complexity index is 3940. The smallest absolute Gasteiger partial charge is 0.303 e. The van der Waals surface area contributed by atoms with Crippen LogP contribution in [0.2, 0.25) is 0 Å². The number of rotatable bonds is 55. The first-order valence-corrected chi connectivity index (χ1v) is 44.0. The number of carbonyl (C=O) groups is 15. The lowest BCUT2D eigenvalue weighted by molar-refractivity contribution is -0.277. The van der Waals surface area contributed by atoms with Crippen LogP contribution in [0, 0.1) is 0 Å². The summed E-state index contributed by atoms with van der Waals surface area (Å²) in [6, 6.07) is 27.2. The lowest BCUT2D eigenvalue weighted by Gasteiger charge is -2.46. The predicted octanol–water partition coefficient (Wildman–Crippen LogP) is 6.38. The van der Waals surface area contributed by atoms with E-state index in [1.807, 2.05) is 59.5 Å². The highest BCUT2D eigenvalue weighted by Crippen LogP contribution is 2.43. The fourth-order valence-corrected chi connectivity index (χ4v) is 15.8. The Balaban J connectivity index is 1.13.